The van der Waals surface area contributed by atoms with Crippen LogP contribution in [0.3, 0.4) is 0 Å². The number of nitrogens with two attached hydrogens (primary N) is 1. The molecule has 0 aliphatic heterocycles. The lowest BCUT2D eigenvalue weighted by atomic mass is 9.79. The van der Waals surface area contributed by atoms with Gasteiger partial charge in [0.15, 0.2) is 5.78 Å². The molecule has 0 unspecified atom stereocenters. The maximum atomic E-state index is 12.2. The summed E-state index contributed by atoms with van der Waals surface area (Å²) in [5.41, 5.74) is 7.16. The monoisotopic (exact) mass is 217 g/mol. The van der Waals surface area contributed by atoms with E-state index in [0.29, 0.717) is 11.3 Å². The molecule has 1 aliphatic carbocycles. The second-order valence-electron chi connectivity index (χ2n) is 4.91. The Labute approximate surface area is 96.8 Å². The van der Waals surface area contributed by atoms with E-state index in [4.69, 9.17) is 5.73 Å². The van der Waals surface area contributed by atoms with E-state index in [-0.39, 0.29) is 11.7 Å². The molecule has 1 saturated carbocycles. The molecule has 0 saturated heterocycles. The summed E-state index contributed by atoms with van der Waals surface area (Å²) in [6.45, 7) is 2.26. The molecule has 1 aliphatic rings. The van der Waals surface area contributed by atoms with Crippen molar-refractivity contribution in [3.8, 4) is 0 Å². The van der Waals surface area contributed by atoms with Crippen LogP contribution in [0.2, 0.25) is 0 Å². The third-order valence-electron chi connectivity index (χ3n) is 3.61. The van der Waals surface area contributed by atoms with Crippen LogP contribution in [-0.4, -0.2) is 5.78 Å². The first-order valence-electron chi connectivity index (χ1n) is 6.07. The predicted octanol–water partition coefficient (Wildman–Crippen LogP) is 3.28. The number of rotatable bonds is 2. The minimum absolute atomic E-state index is 0.195. The summed E-state index contributed by atoms with van der Waals surface area (Å²) in [5.74, 6) is 1.21. The molecule has 86 valence electrons. The highest BCUT2D eigenvalue weighted by Crippen LogP contribution is 2.31. The number of benzene rings is 1. The summed E-state index contributed by atoms with van der Waals surface area (Å²) in [6.07, 6.45) is 4.38. The molecule has 0 heterocycles. The van der Waals surface area contributed by atoms with Crippen LogP contribution >= 0.6 is 0 Å². The second kappa shape index (κ2) is 4.69. The molecule has 1 fully saturated rings. The lowest BCUT2D eigenvalue weighted by Gasteiger charge is -2.25. The van der Waals surface area contributed by atoms with Crippen LogP contribution in [0.4, 0.5) is 5.69 Å². The van der Waals surface area contributed by atoms with Crippen molar-refractivity contribution in [2.45, 2.75) is 32.6 Å². The van der Waals surface area contributed by atoms with Crippen LogP contribution in [0.5, 0.6) is 0 Å². The Kier molecular flexibility index (Phi) is 3.28. The number of carbonyl (C=O) groups is 1. The van der Waals surface area contributed by atoms with E-state index in [2.05, 4.69) is 6.92 Å². The summed E-state index contributed by atoms with van der Waals surface area (Å²) in [6, 6.07) is 7.40. The van der Waals surface area contributed by atoms with Gasteiger partial charge in [-0.1, -0.05) is 31.9 Å². The predicted molar refractivity (Wildman–Crippen MR) is 66.3 cm³/mol. The van der Waals surface area contributed by atoms with Crippen molar-refractivity contribution in [3.05, 3.63) is 29.8 Å². The van der Waals surface area contributed by atoms with E-state index in [9.17, 15) is 4.79 Å². The van der Waals surface area contributed by atoms with E-state index < -0.39 is 0 Å². The molecule has 2 heteroatoms. The first-order chi connectivity index (χ1) is 7.68. The molecule has 0 spiro atoms. The van der Waals surface area contributed by atoms with Gasteiger partial charge < -0.3 is 5.73 Å². The zero-order valence-corrected chi connectivity index (χ0v) is 9.78. The van der Waals surface area contributed by atoms with Crippen LogP contribution in [0.1, 0.15) is 43.0 Å². The van der Waals surface area contributed by atoms with Crippen molar-refractivity contribution in [3.63, 3.8) is 0 Å². The maximum absolute atomic E-state index is 12.2. The van der Waals surface area contributed by atoms with E-state index in [0.717, 1.165) is 18.8 Å². The van der Waals surface area contributed by atoms with Gasteiger partial charge >= 0.3 is 0 Å². The van der Waals surface area contributed by atoms with E-state index in [1.807, 2.05) is 18.2 Å². The zero-order chi connectivity index (χ0) is 11.5. The molecule has 0 atom stereocenters. The topological polar surface area (TPSA) is 43.1 Å². The number of hydrogen-bond donors (Lipinski definition) is 1. The van der Waals surface area contributed by atoms with Crippen molar-refractivity contribution in [2.75, 3.05) is 5.73 Å². The van der Waals surface area contributed by atoms with Crippen LogP contribution in [0.25, 0.3) is 0 Å². The van der Waals surface area contributed by atoms with Gasteiger partial charge in [0, 0.05) is 17.2 Å². The van der Waals surface area contributed by atoms with Gasteiger partial charge in [-0.25, -0.2) is 0 Å². The Balaban J connectivity index is 2.11. The third kappa shape index (κ3) is 2.26. The van der Waals surface area contributed by atoms with Gasteiger partial charge in [-0.3, -0.25) is 4.79 Å². The first kappa shape index (κ1) is 11.2. The quantitative estimate of drug-likeness (QED) is 0.610. The molecule has 0 bridgehead atoms. The van der Waals surface area contributed by atoms with Crippen LogP contribution in [0.15, 0.2) is 24.3 Å². The number of hydrogen-bond acceptors (Lipinski definition) is 2. The fourth-order valence-electron chi connectivity index (χ4n) is 2.46. The fraction of sp³-hybridized carbons (Fsp3) is 0.500. The normalized spacial score (nSPS) is 25.3. The molecule has 0 aromatic heterocycles. The molecule has 2 nitrogen and oxygen atoms in total. The Bertz CT molecular complexity index is 378. The van der Waals surface area contributed by atoms with Crippen LogP contribution < -0.4 is 5.73 Å². The molecular weight excluding hydrogens is 198 g/mol. The zero-order valence-electron chi connectivity index (χ0n) is 9.78. The number of ketones is 1. The summed E-state index contributed by atoms with van der Waals surface area (Å²) < 4.78 is 0. The Morgan fingerprint density at radius 3 is 2.44 bits per heavy atom. The van der Waals surface area contributed by atoms with Crippen molar-refractivity contribution in [2.24, 2.45) is 11.8 Å². The molecule has 0 radical (unpaired) electrons. The first-order valence-corrected chi connectivity index (χ1v) is 6.07. The average Bonchev–Trinajstić information content (AvgIpc) is 2.30. The Morgan fingerprint density at radius 1 is 1.19 bits per heavy atom. The number of para-hydroxylation sites is 1. The highest BCUT2D eigenvalue weighted by Gasteiger charge is 2.25. The smallest absolute Gasteiger partial charge is 0.168 e. The maximum Gasteiger partial charge on any atom is 0.168 e. The molecule has 1 aromatic carbocycles. The summed E-state index contributed by atoms with van der Waals surface area (Å²) in [5, 5.41) is 0. The molecule has 16 heavy (non-hydrogen) atoms. The average molecular weight is 217 g/mol. The SMILES string of the molecule is CC1CCC(C(=O)c2ccccc2N)CC1. The van der Waals surface area contributed by atoms with Gasteiger partial charge in [-0.05, 0) is 30.9 Å². The molecule has 2 N–H and O–H groups in total. The van der Waals surface area contributed by atoms with Gasteiger partial charge in [0.2, 0.25) is 0 Å². The standard InChI is InChI=1S/C14H19NO/c1-10-6-8-11(9-7-10)14(16)12-4-2-3-5-13(12)15/h2-5,10-11H,6-9,15H2,1H3. The summed E-state index contributed by atoms with van der Waals surface area (Å²) in [7, 11) is 0. The third-order valence-corrected chi connectivity index (χ3v) is 3.61. The summed E-state index contributed by atoms with van der Waals surface area (Å²) in [4.78, 5) is 12.2. The number of carbonyl (C=O) groups excluding carboxylic acids is 1. The largest absolute Gasteiger partial charge is 0.398 e. The van der Waals surface area contributed by atoms with E-state index >= 15 is 0 Å². The van der Waals surface area contributed by atoms with Gasteiger partial charge in [-0.2, -0.15) is 0 Å². The summed E-state index contributed by atoms with van der Waals surface area (Å²) >= 11 is 0. The van der Waals surface area contributed by atoms with Gasteiger partial charge in [0.1, 0.15) is 0 Å². The molecular formula is C14H19NO. The van der Waals surface area contributed by atoms with E-state index in [1.54, 1.807) is 6.07 Å². The van der Waals surface area contributed by atoms with Gasteiger partial charge in [0.25, 0.3) is 0 Å². The number of anilines is 1. The minimum Gasteiger partial charge on any atom is -0.398 e. The Morgan fingerprint density at radius 2 is 1.81 bits per heavy atom. The minimum atomic E-state index is 0.195. The highest BCUT2D eigenvalue weighted by molar-refractivity contribution is 6.02. The molecule has 2 rings (SSSR count). The molecule has 1 aromatic rings. The van der Waals surface area contributed by atoms with E-state index in [1.165, 1.54) is 12.8 Å². The fourth-order valence-corrected chi connectivity index (χ4v) is 2.46. The van der Waals surface area contributed by atoms with Gasteiger partial charge in [0.05, 0.1) is 0 Å². The van der Waals surface area contributed by atoms with Crippen molar-refractivity contribution >= 4 is 11.5 Å². The van der Waals surface area contributed by atoms with Crippen LogP contribution in [-0.2, 0) is 0 Å². The lowest BCUT2D eigenvalue weighted by Crippen LogP contribution is -2.21. The lowest BCUT2D eigenvalue weighted by molar-refractivity contribution is 0.0876. The second-order valence-corrected chi connectivity index (χ2v) is 4.91. The molecule has 0 amide bonds. The van der Waals surface area contributed by atoms with Crippen molar-refractivity contribution < 1.29 is 4.79 Å². The van der Waals surface area contributed by atoms with Gasteiger partial charge in [-0.15, -0.1) is 0 Å². The Hall–Kier alpha value is -1.31. The van der Waals surface area contributed by atoms with Crippen LogP contribution in [0, 0.1) is 11.8 Å². The van der Waals surface area contributed by atoms with Crippen molar-refractivity contribution in [1.29, 1.82) is 0 Å². The highest BCUT2D eigenvalue weighted by atomic mass is 16.1. The van der Waals surface area contributed by atoms with Crippen molar-refractivity contribution in [1.82, 2.24) is 0 Å². The number of nitrogen functional groups attached to an aromatic ring is 1. The number of Topliss-reactive ketones (excluding diaryl/α,β-unsaturated/α-hetero) is 1.